The highest BCUT2D eigenvalue weighted by Gasteiger charge is 2.28. The van der Waals surface area contributed by atoms with E-state index in [-0.39, 0.29) is 6.10 Å². The van der Waals surface area contributed by atoms with Crippen LogP contribution in [0.5, 0.6) is 0 Å². The Morgan fingerprint density at radius 3 is 2.60 bits per heavy atom. The topological polar surface area (TPSA) is 40.5 Å². The molecule has 0 heterocycles. The second-order valence-electron chi connectivity index (χ2n) is 7.43. The van der Waals surface area contributed by atoms with Crippen LogP contribution in [0, 0.1) is 11.8 Å². The fourth-order valence-corrected chi connectivity index (χ4v) is 3.32. The van der Waals surface area contributed by atoms with Gasteiger partial charge in [-0.05, 0) is 71.1 Å². The van der Waals surface area contributed by atoms with Gasteiger partial charge in [-0.2, -0.15) is 0 Å². The summed E-state index contributed by atoms with van der Waals surface area (Å²) in [6.07, 6.45) is 10.9. The van der Waals surface area contributed by atoms with Crippen LogP contribution in [0.15, 0.2) is 11.6 Å². The molecular formula is C18H34O2. The van der Waals surface area contributed by atoms with E-state index < -0.39 is 5.60 Å². The number of aliphatic hydroxyl groups excluding tert-OH is 1. The number of hydrogen-bond acceptors (Lipinski definition) is 2. The van der Waals surface area contributed by atoms with Crippen LogP contribution in [0.1, 0.15) is 79.1 Å². The van der Waals surface area contributed by atoms with Gasteiger partial charge in [0.15, 0.2) is 0 Å². The van der Waals surface area contributed by atoms with Crippen LogP contribution in [0.2, 0.25) is 0 Å². The van der Waals surface area contributed by atoms with Crippen LogP contribution in [-0.4, -0.2) is 21.9 Å². The molecule has 20 heavy (non-hydrogen) atoms. The summed E-state index contributed by atoms with van der Waals surface area (Å²) >= 11 is 0. The SMILES string of the molecule is CC(=CCCC(C)(C)O)CCCC1C(C)CCCC1O. The molecular weight excluding hydrogens is 248 g/mol. The maximum absolute atomic E-state index is 10.1. The summed E-state index contributed by atoms with van der Waals surface area (Å²) in [5.74, 6) is 1.19. The molecule has 2 nitrogen and oxygen atoms in total. The fourth-order valence-electron chi connectivity index (χ4n) is 3.32. The third-order valence-corrected chi connectivity index (χ3v) is 4.74. The molecule has 0 spiro atoms. The molecule has 3 unspecified atom stereocenters. The van der Waals surface area contributed by atoms with Gasteiger partial charge in [0.2, 0.25) is 0 Å². The molecule has 1 aliphatic carbocycles. The second-order valence-corrected chi connectivity index (χ2v) is 7.43. The minimum absolute atomic E-state index is 0.0711. The first-order valence-corrected chi connectivity index (χ1v) is 8.35. The molecule has 2 heteroatoms. The highest BCUT2D eigenvalue weighted by atomic mass is 16.3. The Morgan fingerprint density at radius 1 is 1.30 bits per heavy atom. The zero-order chi connectivity index (χ0) is 15.2. The van der Waals surface area contributed by atoms with Crippen LogP contribution >= 0.6 is 0 Å². The van der Waals surface area contributed by atoms with Crippen molar-refractivity contribution in [1.82, 2.24) is 0 Å². The van der Waals surface area contributed by atoms with Crippen molar-refractivity contribution in [3.63, 3.8) is 0 Å². The van der Waals surface area contributed by atoms with Crippen LogP contribution in [0.4, 0.5) is 0 Å². The number of hydrogen-bond donors (Lipinski definition) is 2. The lowest BCUT2D eigenvalue weighted by Crippen LogP contribution is -2.30. The number of allylic oxidation sites excluding steroid dienone is 2. The zero-order valence-electron chi connectivity index (χ0n) is 13.9. The standard InChI is InChI=1S/C18H34O2/c1-14(9-7-13-18(3,4)20)8-5-11-16-15(2)10-6-12-17(16)19/h9,15-17,19-20H,5-8,10-13H2,1-4H3. The maximum atomic E-state index is 10.1. The quantitative estimate of drug-likeness (QED) is 0.677. The lowest BCUT2D eigenvalue weighted by Gasteiger charge is -2.33. The van der Waals surface area contributed by atoms with E-state index in [1.165, 1.54) is 24.8 Å². The monoisotopic (exact) mass is 282 g/mol. The van der Waals surface area contributed by atoms with Crippen molar-refractivity contribution in [3.05, 3.63) is 11.6 Å². The van der Waals surface area contributed by atoms with E-state index in [4.69, 9.17) is 0 Å². The van der Waals surface area contributed by atoms with E-state index in [1.54, 1.807) is 0 Å². The molecule has 0 amide bonds. The van der Waals surface area contributed by atoms with Gasteiger partial charge in [0.05, 0.1) is 11.7 Å². The van der Waals surface area contributed by atoms with E-state index in [0.29, 0.717) is 11.8 Å². The van der Waals surface area contributed by atoms with Gasteiger partial charge in [-0.1, -0.05) is 31.4 Å². The molecule has 2 N–H and O–H groups in total. The summed E-state index contributed by atoms with van der Waals surface area (Å²) in [4.78, 5) is 0. The Bertz CT molecular complexity index is 291. The summed E-state index contributed by atoms with van der Waals surface area (Å²) < 4.78 is 0. The van der Waals surface area contributed by atoms with E-state index in [1.807, 2.05) is 13.8 Å². The largest absolute Gasteiger partial charge is 0.393 e. The Labute approximate surface area is 125 Å². The molecule has 0 bridgehead atoms. The minimum atomic E-state index is -0.557. The van der Waals surface area contributed by atoms with Gasteiger partial charge in [0, 0.05) is 0 Å². The van der Waals surface area contributed by atoms with Gasteiger partial charge in [-0.15, -0.1) is 0 Å². The molecule has 0 aromatic carbocycles. The van der Waals surface area contributed by atoms with Crippen molar-refractivity contribution in [2.24, 2.45) is 11.8 Å². The van der Waals surface area contributed by atoms with Crippen molar-refractivity contribution < 1.29 is 10.2 Å². The fraction of sp³-hybridized carbons (Fsp3) is 0.889. The van der Waals surface area contributed by atoms with E-state index in [9.17, 15) is 10.2 Å². The van der Waals surface area contributed by atoms with Crippen molar-refractivity contribution in [1.29, 1.82) is 0 Å². The van der Waals surface area contributed by atoms with Crippen molar-refractivity contribution in [3.8, 4) is 0 Å². The molecule has 0 aromatic heterocycles. The van der Waals surface area contributed by atoms with Crippen LogP contribution in [-0.2, 0) is 0 Å². The highest BCUT2D eigenvalue weighted by molar-refractivity contribution is 4.98. The third kappa shape index (κ3) is 6.90. The molecule has 0 aliphatic heterocycles. The van der Waals surface area contributed by atoms with Crippen LogP contribution < -0.4 is 0 Å². The second kappa shape index (κ2) is 8.19. The lowest BCUT2D eigenvalue weighted by atomic mass is 9.76. The summed E-state index contributed by atoms with van der Waals surface area (Å²) in [5.41, 5.74) is 0.866. The molecule has 118 valence electrons. The predicted molar refractivity (Wildman–Crippen MR) is 85.7 cm³/mol. The summed E-state index contributed by atoms with van der Waals surface area (Å²) in [7, 11) is 0. The Hall–Kier alpha value is -0.340. The number of rotatable bonds is 7. The van der Waals surface area contributed by atoms with Gasteiger partial charge in [0.1, 0.15) is 0 Å². The third-order valence-electron chi connectivity index (χ3n) is 4.74. The van der Waals surface area contributed by atoms with Crippen molar-refractivity contribution >= 4 is 0 Å². The highest BCUT2D eigenvalue weighted by Crippen LogP contribution is 2.33. The van der Waals surface area contributed by atoms with Gasteiger partial charge in [-0.3, -0.25) is 0 Å². The first-order valence-electron chi connectivity index (χ1n) is 8.35. The molecule has 0 radical (unpaired) electrons. The summed E-state index contributed by atoms with van der Waals surface area (Å²) in [6, 6.07) is 0. The van der Waals surface area contributed by atoms with Gasteiger partial charge >= 0.3 is 0 Å². The van der Waals surface area contributed by atoms with Crippen molar-refractivity contribution in [2.75, 3.05) is 0 Å². The number of aliphatic hydroxyl groups is 2. The first-order chi connectivity index (χ1) is 9.29. The smallest absolute Gasteiger partial charge is 0.0594 e. The summed E-state index contributed by atoms with van der Waals surface area (Å²) in [6.45, 7) is 8.20. The molecule has 1 aliphatic rings. The van der Waals surface area contributed by atoms with E-state index in [2.05, 4.69) is 19.9 Å². The Balaban J connectivity index is 2.23. The van der Waals surface area contributed by atoms with Gasteiger partial charge in [0.25, 0.3) is 0 Å². The molecule has 1 saturated carbocycles. The van der Waals surface area contributed by atoms with Crippen molar-refractivity contribution in [2.45, 2.75) is 90.8 Å². The zero-order valence-corrected chi connectivity index (χ0v) is 13.9. The minimum Gasteiger partial charge on any atom is -0.393 e. The van der Waals surface area contributed by atoms with Gasteiger partial charge in [-0.25, -0.2) is 0 Å². The Morgan fingerprint density at radius 2 is 2.00 bits per heavy atom. The molecule has 1 fully saturated rings. The molecule has 0 aromatic rings. The average Bonchev–Trinajstić information content (AvgIpc) is 2.31. The normalized spacial score (nSPS) is 28.7. The molecule has 0 saturated heterocycles. The first kappa shape index (κ1) is 17.7. The Kier molecular flexibility index (Phi) is 7.25. The summed E-state index contributed by atoms with van der Waals surface area (Å²) in [5, 5.41) is 19.8. The van der Waals surface area contributed by atoms with Crippen LogP contribution in [0.25, 0.3) is 0 Å². The predicted octanol–water partition coefficient (Wildman–Crippen LogP) is 4.45. The van der Waals surface area contributed by atoms with E-state index >= 15 is 0 Å². The lowest BCUT2D eigenvalue weighted by molar-refractivity contribution is 0.0327. The maximum Gasteiger partial charge on any atom is 0.0594 e. The van der Waals surface area contributed by atoms with Gasteiger partial charge < -0.3 is 10.2 Å². The van der Waals surface area contributed by atoms with E-state index in [0.717, 1.165) is 32.1 Å². The molecule has 1 rings (SSSR count). The van der Waals surface area contributed by atoms with Crippen LogP contribution in [0.3, 0.4) is 0 Å². The molecule has 3 atom stereocenters. The average molecular weight is 282 g/mol.